The van der Waals surface area contributed by atoms with Crippen molar-refractivity contribution in [3.8, 4) is 0 Å². The fourth-order valence-electron chi connectivity index (χ4n) is 2.30. The van der Waals surface area contributed by atoms with Gasteiger partial charge >= 0.3 is 0 Å². The lowest BCUT2D eigenvalue weighted by Crippen LogP contribution is -2.61. The predicted molar refractivity (Wildman–Crippen MR) is 70.6 cm³/mol. The SMILES string of the molecule is CC1CCCCN1S(=O)(=O)N(C)C1CNC1.Cl. The van der Waals surface area contributed by atoms with Crippen molar-refractivity contribution in [2.45, 2.75) is 38.3 Å². The molecule has 0 radical (unpaired) electrons. The third-order valence-electron chi connectivity index (χ3n) is 3.68. The number of rotatable bonds is 3. The molecule has 2 aliphatic heterocycles. The number of likely N-dealkylation sites (N-methyl/N-ethyl adjacent to an activating group) is 1. The third-order valence-corrected chi connectivity index (χ3v) is 5.84. The highest BCUT2D eigenvalue weighted by atomic mass is 35.5. The Balaban J connectivity index is 0.00000144. The summed E-state index contributed by atoms with van der Waals surface area (Å²) in [5, 5.41) is 3.10. The van der Waals surface area contributed by atoms with Crippen LogP contribution in [0.1, 0.15) is 26.2 Å². The number of hydrogen-bond donors (Lipinski definition) is 1. The number of nitrogens with one attached hydrogen (secondary N) is 1. The summed E-state index contributed by atoms with van der Waals surface area (Å²) in [6, 6.07) is 0.286. The van der Waals surface area contributed by atoms with E-state index in [0.29, 0.717) is 6.54 Å². The molecule has 2 heterocycles. The maximum atomic E-state index is 12.4. The van der Waals surface area contributed by atoms with Gasteiger partial charge in [-0.3, -0.25) is 0 Å². The molecule has 0 amide bonds. The van der Waals surface area contributed by atoms with Crippen LogP contribution in [0.15, 0.2) is 0 Å². The van der Waals surface area contributed by atoms with E-state index in [1.165, 1.54) is 4.31 Å². The van der Waals surface area contributed by atoms with Gasteiger partial charge in [-0.15, -0.1) is 12.4 Å². The Labute approximate surface area is 110 Å². The fraction of sp³-hybridized carbons (Fsp3) is 1.00. The van der Waals surface area contributed by atoms with Crippen molar-refractivity contribution in [1.29, 1.82) is 0 Å². The van der Waals surface area contributed by atoms with Crippen LogP contribution >= 0.6 is 12.4 Å². The molecule has 0 spiro atoms. The molecular weight excluding hydrogens is 262 g/mol. The first-order chi connectivity index (χ1) is 7.53. The molecule has 0 aliphatic carbocycles. The van der Waals surface area contributed by atoms with Gasteiger partial charge in [-0.1, -0.05) is 6.42 Å². The van der Waals surface area contributed by atoms with Crippen molar-refractivity contribution in [2.24, 2.45) is 0 Å². The van der Waals surface area contributed by atoms with Gasteiger partial charge in [0.05, 0.1) is 6.04 Å². The first-order valence-corrected chi connectivity index (χ1v) is 7.38. The Bertz CT molecular complexity index is 345. The molecule has 0 aromatic rings. The molecule has 7 heteroatoms. The van der Waals surface area contributed by atoms with Gasteiger partial charge in [-0.2, -0.15) is 17.0 Å². The molecule has 2 fully saturated rings. The average molecular weight is 284 g/mol. The zero-order chi connectivity index (χ0) is 11.8. The van der Waals surface area contributed by atoms with E-state index in [9.17, 15) is 8.42 Å². The second-order valence-corrected chi connectivity index (χ2v) is 6.73. The number of nitrogens with zero attached hydrogens (tertiary/aromatic N) is 2. The van der Waals surface area contributed by atoms with Crippen molar-refractivity contribution in [3.63, 3.8) is 0 Å². The molecule has 0 bridgehead atoms. The van der Waals surface area contributed by atoms with E-state index >= 15 is 0 Å². The van der Waals surface area contributed by atoms with Gasteiger partial charge < -0.3 is 5.32 Å². The lowest BCUT2D eigenvalue weighted by atomic mass is 10.1. The lowest BCUT2D eigenvalue weighted by Gasteiger charge is -2.40. The molecule has 0 aromatic heterocycles. The van der Waals surface area contributed by atoms with Gasteiger partial charge in [0.1, 0.15) is 0 Å². The van der Waals surface area contributed by atoms with Gasteiger partial charge in [0, 0.05) is 32.7 Å². The normalized spacial score (nSPS) is 27.6. The molecule has 1 unspecified atom stereocenters. The van der Waals surface area contributed by atoms with E-state index in [2.05, 4.69) is 5.32 Å². The summed E-state index contributed by atoms with van der Waals surface area (Å²) in [6.45, 7) is 4.23. The average Bonchev–Trinajstić information content (AvgIpc) is 2.15. The smallest absolute Gasteiger partial charge is 0.282 e. The first kappa shape index (κ1) is 15.2. The first-order valence-electron chi connectivity index (χ1n) is 5.99. The molecule has 17 heavy (non-hydrogen) atoms. The van der Waals surface area contributed by atoms with Gasteiger partial charge in [0.15, 0.2) is 0 Å². The van der Waals surface area contributed by atoms with E-state index in [1.54, 1.807) is 11.4 Å². The summed E-state index contributed by atoms with van der Waals surface area (Å²) < 4.78 is 27.9. The second kappa shape index (κ2) is 5.84. The van der Waals surface area contributed by atoms with Crippen LogP contribution in [0.25, 0.3) is 0 Å². The van der Waals surface area contributed by atoms with Crippen molar-refractivity contribution in [2.75, 3.05) is 26.7 Å². The van der Waals surface area contributed by atoms with Crippen LogP contribution in [0.2, 0.25) is 0 Å². The highest BCUT2D eigenvalue weighted by Crippen LogP contribution is 2.23. The Hall–Kier alpha value is 0.120. The molecule has 1 N–H and O–H groups in total. The minimum Gasteiger partial charge on any atom is -0.313 e. The molecule has 2 aliphatic rings. The van der Waals surface area contributed by atoms with E-state index in [0.717, 1.165) is 32.4 Å². The molecule has 102 valence electrons. The van der Waals surface area contributed by atoms with Gasteiger partial charge in [-0.05, 0) is 19.8 Å². The maximum Gasteiger partial charge on any atom is 0.282 e. The van der Waals surface area contributed by atoms with Gasteiger partial charge in [-0.25, -0.2) is 0 Å². The van der Waals surface area contributed by atoms with E-state index in [4.69, 9.17) is 0 Å². The van der Waals surface area contributed by atoms with Gasteiger partial charge in [0.25, 0.3) is 10.2 Å². The van der Waals surface area contributed by atoms with Crippen LogP contribution in [0.4, 0.5) is 0 Å². The number of hydrogen-bond acceptors (Lipinski definition) is 3. The van der Waals surface area contributed by atoms with Crippen LogP contribution < -0.4 is 5.32 Å². The largest absolute Gasteiger partial charge is 0.313 e. The molecule has 0 saturated carbocycles. The van der Waals surface area contributed by atoms with E-state index in [-0.39, 0.29) is 24.5 Å². The molecule has 2 saturated heterocycles. The van der Waals surface area contributed by atoms with Crippen molar-refractivity contribution < 1.29 is 8.42 Å². The van der Waals surface area contributed by atoms with Crippen LogP contribution in [0.3, 0.4) is 0 Å². The molecule has 1 atom stereocenters. The van der Waals surface area contributed by atoms with E-state index in [1.807, 2.05) is 6.92 Å². The zero-order valence-corrected chi connectivity index (χ0v) is 12.1. The standard InChI is InChI=1S/C10H21N3O2S.ClH/c1-9-5-3-4-6-13(9)16(14,15)12(2)10-7-11-8-10;/h9-11H,3-8H2,1-2H3;1H. The van der Waals surface area contributed by atoms with Gasteiger partial charge in [0.2, 0.25) is 0 Å². The molecule has 2 rings (SSSR count). The Morgan fingerprint density at radius 2 is 1.94 bits per heavy atom. The van der Waals surface area contributed by atoms with Crippen LogP contribution in [-0.2, 0) is 10.2 Å². The third kappa shape index (κ3) is 2.93. The Morgan fingerprint density at radius 3 is 2.41 bits per heavy atom. The van der Waals surface area contributed by atoms with E-state index < -0.39 is 10.2 Å². The Morgan fingerprint density at radius 1 is 1.29 bits per heavy atom. The fourth-order valence-corrected chi connectivity index (χ4v) is 4.08. The zero-order valence-electron chi connectivity index (χ0n) is 10.4. The summed E-state index contributed by atoms with van der Waals surface area (Å²) in [4.78, 5) is 0. The molecule has 5 nitrogen and oxygen atoms in total. The summed E-state index contributed by atoms with van der Waals surface area (Å²) in [5.74, 6) is 0. The summed E-state index contributed by atoms with van der Waals surface area (Å²) in [7, 11) is -1.55. The van der Waals surface area contributed by atoms with Crippen LogP contribution in [0, 0.1) is 0 Å². The monoisotopic (exact) mass is 283 g/mol. The summed E-state index contributed by atoms with van der Waals surface area (Å²) in [6.07, 6.45) is 3.11. The minimum atomic E-state index is -3.24. The number of piperidine rings is 1. The Kier molecular flexibility index (Phi) is 5.21. The second-order valence-electron chi connectivity index (χ2n) is 4.79. The van der Waals surface area contributed by atoms with Crippen LogP contribution in [0.5, 0.6) is 0 Å². The topological polar surface area (TPSA) is 52.7 Å². The van der Waals surface area contributed by atoms with Crippen molar-refractivity contribution >= 4 is 22.6 Å². The highest BCUT2D eigenvalue weighted by molar-refractivity contribution is 7.86. The van der Waals surface area contributed by atoms with Crippen molar-refractivity contribution in [3.05, 3.63) is 0 Å². The van der Waals surface area contributed by atoms with Crippen LogP contribution in [-0.4, -0.2) is 55.8 Å². The maximum absolute atomic E-state index is 12.4. The molecular formula is C10H22ClN3O2S. The highest BCUT2D eigenvalue weighted by Gasteiger charge is 2.37. The quantitative estimate of drug-likeness (QED) is 0.817. The summed E-state index contributed by atoms with van der Waals surface area (Å²) in [5.41, 5.74) is 0. The molecule has 0 aromatic carbocycles. The lowest BCUT2D eigenvalue weighted by molar-refractivity contribution is 0.217. The minimum absolute atomic E-state index is 0. The predicted octanol–water partition coefficient (Wildman–Crippen LogP) is 0.431. The summed E-state index contributed by atoms with van der Waals surface area (Å²) >= 11 is 0. The number of halogens is 1. The van der Waals surface area contributed by atoms with Crippen molar-refractivity contribution in [1.82, 2.24) is 13.9 Å².